The lowest BCUT2D eigenvalue weighted by Crippen LogP contribution is -2.31. The lowest BCUT2D eigenvalue weighted by atomic mass is 9.90. The van der Waals surface area contributed by atoms with E-state index in [1.165, 1.54) is 28.8 Å². The third-order valence-corrected chi connectivity index (χ3v) is 7.66. The molecule has 192 valence electrons. The second kappa shape index (κ2) is 11.6. The molecule has 1 aliphatic carbocycles. The summed E-state index contributed by atoms with van der Waals surface area (Å²) in [6.45, 7) is 3.13. The zero-order chi connectivity index (χ0) is 25.7. The minimum Gasteiger partial charge on any atom is -0.341 e. The molecule has 2 N–H and O–H groups in total. The molecular formula is C31H31BrN6. The Bertz CT molecular complexity index is 1480. The van der Waals surface area contributed by atoms with Gasteiger partial charge in [0.2, 0.25) is 0 Å². The molecule has 0 radical (unpaired) electrons. The molecule has 5 aromatic rings. The van der Waals surface area contributed by atoms with E-state index in [1.54, 1.807) is 0 Å². The number of nitrogens with zero attached hydrogens (tertiary/aromatic N) is 4. The number of aryl methyl sites for hydroxylation is 1. The zero-order valence-corrected chi connectivity index (χ0v) is 22.9. The fourth-order valence-electron chi connectivity index (χ4n) is 5.37. The van der Waals surface area contributed by atoms with E-state index in [-0.39, 0.29) is 6.04 Å². The predicted molar refractivity (Wildman–Crippen MR) is 154 cm³/mol. The largest absolute Gasteiger partial charge is 0.341 e. The number of hydrogen-bond acceptors (Lipinski definition) is 5. The summed E-state index contributed by atoms with van der Waals surface area (Å²) in [5.41, 5.74) is 8.27. The van der Waals surface area contributed by atoms with Crippen molar-refractivity contribution in [3.63, 3.8) is 0 Å². The Kier molecular flexibility index (Phi) is 7.58. The molecule has 1 unspecified atom stereocenters. The van der Waals surface area contributed by atoms with E-state index < -0.39 is 0 Å². The van der Waals surface area contributed by atoms with E-state index in [2.05, 4.69) is 90.7 Å². The second-order valence-corrected chi connectivity index (χ2v) is 10.7. The highest BCUT2D eigenvalue weighted by Crippen LogP contribution is 2.34. The van der Waals surface area contributed by atoms with Crippen LogP contribution >= 0.6 is 15.9 Å². The molecule has 3 heterocycles. The number of aromatic nitrogens is 4. The quantitative estimate of drug-likeness (QED) is 0.200. The normalized spacial score (nSPS) is 15.2. The number of benzene rings is 2. The maximum atomic E-state index is 4.89. The van der Waals surface area contributed by atoms with Gasteiger partial charge in [-0.3, -0.25) is 9.88 Å². The van der Waals surface area contributed by atoms with Crippen molar-refractivity contribution in [1.29, 1.82) is 0 Å². The molecule has 1 atom stereocenters. The molecule has 0 bridgehead atoms. The number of hydrogen-bond donors (Lipinski definition) is 2. The van der Waals surface area contributed by atoms with Crippen LogP contribution in [0.25, 0.3) is 11.0 Å². The maximum absolute atomic E-state index is 4.89. The molecule has 0 saturated carbocycles. The van der Waals surface area contributed by atoms with Crippen LogP contribution in [0.5, 0.6) is 0 Å². The standard InChI is InChI=1S/C31H31BrN6/c32-29-12-4-8-25(35-29)19-33-18-22-13-15-23(16-14-22)20-38(21-30-36-26-9-1-2-10-27(26)37-30)28-11-3-6-24-7-5-17-34-31(24)28/h1-2,4-5,7-10,12-17,28,33H,3,6,11,18-21H2,(H,36,37). The van der Waals surface area contributed by atoms with Crippen LogP contribution in [-0.2, 0) is 32.6 Å². The van der Waals surface area contributed by atoms with E-state index in [0.717, 1.165) is 66.2 Å². The van der Waals surface area contributed by atoms with Gasteiger partial charge < -0.3 is 10.3 Å². The first kappa shape index (κ1) is 24.9. The van der Waals surface area contributed by atoms with Gasteiger partial charge in [-0.1, -0.05) is 48.5 Å². The first-order chi connectivity index (χ1) is 18.7. The summed E-state index contributed by atoms with van der Waals surface area (Å²) >= 11 is 3.44. The Morgan fingerprint density at radius 2 is 1.74 bits per heavy atom. The Morgan fingerprint density at radius 1 is 0.868 bits per heavy atom. The van der Waals surface area contributed by atoms with Crippen LogP contribution in [0, 0.1) is 0 Å². The van der Waals surface area contributed by atoms with Crippen molar-refractivity contribution < 1.29 is 0 Å². The Labute approximate surface area is 231 Å². The van der Waals surface area contributed by atoms with Crippen molar-refractivity contribution in [3.05, 3.63) is 124 Å². The van der Waals surface area contributed by atoms with Gasteiger partial charge in [-0.25, -0.2) is 9.97 Å². The number of fused-ring (bicyclic) bond motifs is 2. The van der Waals surface area contributed by atoms with Gasteiger partial charge in [0, 0.05) is 25.8 Å². The summed E-state index contributed by atoms with van der Waals surface area (Å²) in [6, 6.07) is 27.8. The molecule has 38 heavy (non-hydrogen) atoms. The summed E-state index contributed by atoms with van der Waals surface area (Å²) in [4.78, 5) is 20.3. The molecule has 0 spiro atoms. The smallest absolute Gasteiger partial charge is 0.121 e. The van der Waals surface area contributed by atoms with Crippen LogP contribution in [0.3, 0.4) is 0 Å². The van der Waals surface area contributed by atoms with Crippen LogP contribution in [0.1, 0.15) is 52.8 Å². The Morgan fingerprint density at radius 3 is 2.61 bits per heavy atom. The van der Waals surface area contributed by atoms with Gasteiger partial charge in [0.05, 0.1) is 35.0 Å². The maximum Gasteiger partial charge on any atom is 0.121 e. The van der Waals surface area contributed by atoms with Crippen molar-refractivity contribution in [2.24, 2.45) is 0 Å². The number of imidazole rings is 1. The molecule has 1 aliphatic rings. The summed E-state index contributed by atoms with van der Waals surface area (Å²) in [5.74, 6) is 0.997. The van der Waals surface area contributed by atoms with Crippen LogP contribution < -0.4 is 5.32 Å². The minimum atomic E-state index is 0.271. The van der Waals surface area contributed by atoms with E-state index in [9.17, 15) is 0 Å². The second-order valence-electron chi connectivity index (χ2n) is 9.93. The van der Waals surface area contributed by atoms with Crippen molar-refractivity contribution in [2.75, 3.05) is 0 Å². The number of pyridine rings is 2. The van der Waals surface area contributed by atoms with Crippen LogP contribution in [-0.4, -0.2) is 24.8 Å². The third-order valence-electron chi connectivity index (χ3n) is 7.21. The van der Waals surface area contributed by atoms with Crippen LogP contribution in [0.2, 0.25) is 0 Å². The fourth-order valence-corrected chi connectivity index (χ4v) is 5.75. The van der Waals surface area contributed by atoms with Gasteiger partial charge in [0.1, 0.15) is 10.4 Å². The van der Waals surface area contributed by atoms with Gasteiger partial charge in [-0.15, -0.1) is 0 Å². The Hall–Kier alpha value is -3.39. The molecule has 0 amide bonds. The molecule has 0 saturated heterocycles. The van der Waals surface area contributed by atoms with Crippen molar-refractivity contribution in [2.45, 2.75) is 51.5 Å². The number of rotatable bonds is 9. The summed E-state index contributed by atoms with van der Waals surface area (Å²) in [7, 11) is 0. The highest BCUT2D eigenvalue weighted by Gasteiger charge is 2.28. The number of para-hydroxylation sites is 2. The van der Waals surface area contributed by atoms with E-state index in [4.69, 9.17) is 9.97 Å². The number of halogens is 1. The predicted octanol–water partition coefficient (Wildman–Crippen LogP) is 6.49. The van der Waals surface area contributed by atoms with Crippen LogP contribution in [0.4, 0.5) is 0 Å². The van der Waals surface area contributed by atoms with E-state index in [1.807, 2.05) is 30.5 Å². The fraction of sp³-hybridized carbons (Fsp3) is 0.258. The lowest BCUT2D eigenvalue weighted by Gasteiger charge is -2.34. The summed E-state index contributed by atoms with van der Waals surface area (Å²) in [6.07, 6.45) is 5.32. The van der Waals surface area contributed by atoms with Gasteiger partial charge in [-0.2, -0.15) is 0 Å². The zero-order valence-electron chi connectivity index (χ0n) is 21.3. The molecule has 6 rings (SSSR count). The number of H-pyrrole nitrogens is 1. The van der Waals surface area contributed by atoms with Crippen molar-refractivity contribution in [3.8, 4) is 0 Å². The third kappa shape index (κ3) is 5.85. The molecule has 7 heteroatoms. The molecule has 0 fully saturated rings. The first-order valence-electron chi connectivity index (χ1n) is 13.2. The average molecular weight is 568 g/mol. The number of aromatic amines is 1. The van der Waals surface area contributed by atoms with Gasteiger partial charge in [-0.05, 0) is 82.2 Å². The Balaban J connectivity index is 1.18. The van der Waals surface area contributed by atoms with Crippen molar-refractivity contribution >= 4 is 27.0 Å². The van der Waals surface area contributed by atoms with Crippen LogP contribution in [0.15, 0.2) is 89.7 Å². The van der Waals surface area contributed by atoms with Crippen molar-refractivity contribution in [1.82, 2.24) is 30.2 Å². The summed E-state index contributed by atoms with van der Waals surface area (Å²) in [5, 5.41) is 3.50. The monoisotopic (exact) mass is 566 g/mol. The first-order valence-corrected chi connectivity index (χ1v) is 14.0. The minimum absolute atomic E-state index is 0.271. The highest BCUT2D eigenvalue weighted by molar-refractivity contribution is 9.10. The van der Waals surface area contributed by atoms with Gasteiger partial charge >= 0.3 is 0 Å². The van der Waals surface area contributed by atoms with E-state index >= 15 is 0 Å². The molecular weight excluding hydrogens is 536 g/mol. The average Bonchev–Trinajstić information content (AvgIpc) is 3.36. The molecule has 3 aromatic heterocycles. The lowest BCUT2D eigenvalue weighted by molar-refractivity contribution is 0.153. The van der Waals surface area contributed by atoms with Gasteiger partial charge in [0.15, 0.2) is 0 Å². The molecule has 6 nitrogen and oxygen atoms in total. The highest BCUT2D eigenvalue weighted by atomic mass is 79.9. The summed E-state index contributed by atoms with van der Waals surface area (Å²) < 4.78 is 0.865. The van der Waals surface area contributed by atoms with Gasteiger partial charge in [0.25, 0.3) is 0 Å². The number of nitrogens with one attached hydrogen (secondary N) is 2. The molecule has 0 aliphatic heterocycles. The molecule has 2 aromatic carbocycles. The SMILES string of the molecule is Brc1cccc(CNCc2ccc(CN(Cc3nc4ccccc4[nH]3)C3CCCc4cccnc43)cc2)n1. The topological polar surface area (TPSA) is 69.7 Å². The van der Waals surface area contributed by atoms with E-state index in [0.29, 0.717) is 0 Å².